The number of carbonyl (C=O) groups is 2. The summed E-state index contributed by atoms with van der Waals surface area (Å²) in [6, 6.07) is 5.65. The molecular weight excluding hydrogens is 454 g/mol. The van der Waals surface area contributed by atoms with Crippen molar-refractivity contribution < 1.29 is 9.59 Å². The van der Waals surface area contributed by atoms with Crippen molar-refractivity contribution >= 4 is 28.4 Å². The summed E-state index contributed by atoms with van der Waals surface area (Å²) >= 11 is 0. The molecule has 2 amide bonds. The van der Waals surface area contributed by atoms with Gasteiger partial charge in [0.1, 0.15) is 11.9 Å². The van der Waals surface area contributed by atoms with Gasteiger partial charge < -0.3 is 10.6 Å². The molecule has 8 heteroatoms. The van der Waals surface area contributed by atoms with Crippen LogP contribution in [0, 0.1) is 30.6 Å². The third-order valence-corrected chi connectivity index (χ3v) is 9.15. The average Bonchev–Trinajstić information content (AvgIpc) is 2.83. The van der Waals surface area contributed by atoms with Crippen molar-refractivity contribution in [1.82, 2.24) is 20.2 Å². The normalized spacial score (nSPS) is 31.1. The second kappa shape index (κ2) is 9.61. The number of amides is 2. The lowest BCUT2D eigenvalue weighted by Gasteiger charge is -2.54. The molecular formula is C28H37N5O3. The van der Waals surface area contributed by atoms with Gasteiger partial charge in [-0.2, -0.15) is 0 Å². The lowest BCUT2D eigenvalue weighted by atomic mass is 9.54. The fourth-order valence-corrected chi connectivity index (χ4v) is 7.80. The minimum Gasteiger partial charge on any atom is -0.384 e. The summed E-state index contributed by atoms with van der Waals surface area (Å²) in [6.07, 6.45) is 9.90. The molecule has 5 fully saturated rings. The number of anilines is 1. The predicted molar refractivity (Wildman–Crippen MR) is 139 cm³/mol. The highest BCUT2D eigenvalue weighted by atomic mass is 16.2. The number of piperidine rings is 1. The number of imide groups is 1. The van der Waals surface area contributed by atoms with Crippen molar-refractivity contribution in [3.63, 3.8) is 0 Å². The molecule has 2 heterocycles. The summed E-state index contributed by atoms with van der Waals surface area (Å²) in [5.74, 6) is 3.57. The van der Waals surface area contributed by atoms with Crippen molar-refractivity contribution in [2.45, 2.75) is 76.8 Å². The minimum atomic E-state index is -0.712. The molecule has 3 N–H and O–H groups in total. The lowest BCUT2D eigenvalue weighted by molar-refractivity contribution is -0.135. The molecule has 0 spiro atoms. The maximum Gasteiger partial charge on any atom is 0.264 e. The third-order valence-electron chi connectivity index (χ3n) is 9.15. The van der Waals surface area contributed by atoms with Crippen LogP contribution >= 0.6 is 0 Å². The van der Waals surface area contributed by atoms with Gasteiger partial charge in [-0.05, 0) is 101 Å². The van der Waals surface area contributed by atoms with E-state index >= 15 is 0 Å². The minimum absolute atomic E-state index is 0.220. The number of rotatable bonds is 8. The quantitative estimate of drug-likeness (QED) is 0.387. The largest absolute Gasteiger partial charge is 0.384 e. The van der Waals surface area contributed by atoms with Crippen molar-refractivity contribution in [3.8, 4) is 0 Å². The van der Waals surface area contributed by atoms with Crippen molar-refractivity contribution in [2.75, 3.05) is 18.4 Å². The predicted octanol–water partition coefficient (Wildman–Crippen LogP) is 3.29. The fourth-order valence-electron chi connectivity index (χ4n) is 7.80. The van der Waals surface area contributed by atoms with Gasteiger partial charge in [-0.15, -0.1) is 0 Å². The van der Waals surface area contributed by atoms with Gasteiger partial charge in [-0.3, -0.25) is 24.3 Å². The molecule has 4 saturated carbocycles. The fraction of sp³-hybridized carbons (Fsp3) is 0.643. The first-order valence-electron chi connectivity index (χ1n) is 13.8. The zero-order valence-corrected chi connectivity index (χ0v) is 21.1. The monoisotopic (exact) mass is 491 g/mol. The van der Waals surface area contributed by atoms with E-state index in [1.165, 1.54) is 36.7 Å². The molecule has 1 aromatic carbocycles. The first-order valence-corrected chi connectivity index (χ1v) is 13.8. The molecule has 1 saturated heterocycles. The van der Waals surface area contributed by atoms with Crippen LogP contribution in [0.5, 0.6) is 0 Å². The number of aryl methyl sites for hydroxylation is 1. The molecule has 5 aliphatic rings. The van der Waals surface area contributed by atoms with Gasteiger partial charge >= 0.3 is 0 Å². The van der Waals surface area contributed by atoms with Gasteiger partial charge in [0.2, 0.25) is 11.8 Å². The highest BCUT2D eigenvalue weighted by molar-refractivity contribution is 5.99. The Kier molecular flexibility index (Phi) is 6.32. The van der Waals surface area contributed by atoms with Gasteiger partial charge in [-0.1, -0.05) is 6.07 Å². The number of hydrogen-bond acceptors (Lipinski definition) is 6. The number of unbranched alkanes of at least 4 members (excludes halogenated alkanes) is 1. The maximum absolute atomic E-state index is 13.5. The lowest BCUT2D eigenvalue weighted by Crippen LogP contribution is -2.54. The topological polar surface area (TPSA) is 105 Å². The van der Waals surface area contributed by atoms with E-state index in [-0.39, 0.29) is 17.9 Å². The number of nitrogens with zero attached hydrogens (tertiary/aromatic N) is 2. The summed E-state index contributed by atoms with van der Waals surface area (Å²) in [4.78, 5) is 42.2. The van der Waals surface area contributed by atoms with Crippen molar-refractivity contribution in [1.29, 1.82) is 0 Å². The number of fused-ring (bicyclic) bond motifs is 1. The van der Waals surface area contributed by atoms with E-state index in [1.54, 1.807) is 6.92 Å². The summed E-state index contributed by atoms with van der Waals surface area (Å²) in [5, 5.41) is 10.2. The van der Waals surface area contributed by atoms with Crippen molar-refractivity contribution in [3.05, 3.63) is 34.4 Å². The molecule has 8 nitrogen and oxygen atoms in total. The second-order valence-electron chi connectivity index (χ2n) is 11.5. The van der Waals surface area contributed by atoms with Gasteiger partial charge in [0.05, 0.1) is 10.9 Å². The van der Waals surface area contributed by atoms with E-state index < -0.39 is 11.9 Å². The highest BCUT2D eigenvalue weighted by Crippen LogP contribution is 2.53. The van der Waals surface area contributed by atoms with E-state index in [0.717, 1.165) is 61.3 Å². The second-order valence-corrected chi connectivity index (χ2v) is 11.5. The van der Waals surface area contributed by atoms with Gasteiger partial charge in [0.25, 0.3) is 5.56 Å². The molecule has 4 bridgehead atoms. The maximum atomic E-state index is 13.5. The standard InChI is InChI=1S/C28H37N5O3/c1-16-31-22-6-4-5-21(25(22)28(36)33(16)23-7-8-24(34)32-27(23)35)29-9-2-3-10-30-26-19-12-17-11-18(14-19)15-20(26)13-17/h4-6,17-20,23,26,29-30H,2-3,7-15H2,1H3,(H,32,34,35). The summed E-state index contributed by atoms with van der Waals surface area (Å²) < 4.78 is 1.45. The molecule has 1 aliphatic heterocycles. The van der Waals surface area contributed by atoms with Crippen LogP contribution in [0.2, 0.25) is 0 Å². The Balaban J connectivity index is 1.08. The Hall–Kier alpha value is -2.74. The Morgan fingerprint density at radius 2 is 1.72 bits per heavy atom. The molecule has 7 rings (SSSR count). The summed E-state index contributed by atoms with van der Waals surface area (Å²) in [5.41, 5.74) is 1.13. The number of nitrogens with one attached hydrogen (secondary N) is 3. The van der Waals surface area contributed by atoms with E-state index in [4.69, 9.17) is 0 Å². The van der Waals surface area contributed by atoms with Crippen LogP contribution in [0.25, 0.3) is 10.9 Å². The number of benzene rings is 1. The Morgan fingerprint density at radius 3 is 2.44 bits per heavy atom. The van der Waals surface area contributed by atoms with E-state index in [9.17, 15) is 14.4 Å². The van der Waals surface area contributed by atoms with Crippen LogP contribution in [0.15, 0.2) is 23.0 Å². The van der Waals surface area contributed by atoms with Crippen molar-refractivity contribution in [2.24, 2.45) is 23.7 Å². The summed E-state index contributed by atoms with van der Waals surface area (Å²) in [6.45, 7) is 3.56. The zero-order valence-electron chi connectivity index (χ0n) is 21.1. The Bertz CT molecular complexity index is 1210. The molecule has 1 aromatic heterocycles. The van der Waals surface area contributed by atoms with Crippen LogP contribution in [0.4, 0.5) is 5.69 Å². The average molecular weight is 492 g/mol. The van der Waals surface area contributed by atoms with Crippen LogP contribution in [-0.4, -0.2) is 40.5 Å². The molecule has 1 unspecified atom stereocenters. The highest BCUT2D eigenvalue weighted by Gasteiger charge is 2.47. The third kappa shape index (κ3) is 4.33. The summed E-state index contributed by atoms with van der Waals surface area (Å²) in [7, 11) is 0. The Labute approximate surface area is 211 Å². The smallest absolute Gasteiger partial charge is 0.264 e. The first-order chi connectivity index (χ1) is 17.5. The number of hydrogen-bond donors (Lipinski definition) is 3. The zero-order chi connectivity index (χ0) is 24.8. The molecule has 2 aromatic rings. The van der Waals surface area contributed by atoms with Gasteiger partial charge in [-0.25, -0.2) is 4.98 Å². The van der Waals surface area contributed by atoms with Crippen LogP contribution < -0.4 is 21.5 Å². The number of aromatic nitrogens is 2. The molecule has 192 valence electrons. The molecule has 36 heavy (non-hydrogen) atoms. The van der Waals surface area contributed by atoms with Gasteiger partial charge in [0.15, 0.2) is 0 Å². The van der Waals surface area contributed by atoms with Crippen LogP contribution in [0.3, 0.4) is 0 Å². The van der Waals surface area contributed by atoms with E-state index in [1.807, 2.05) is 18.2 Å². The molecule has 4 aliphatic carbocycles. The molecule has 1 atom stereocenters. The van der Waals surface area contributed by atoms with E-state index in [2.05, 4.69) is 20.9 Å². The van der Waals surface area contributed by atoms with E-state index in [0.29, 0.717) is 23.1 Å². The first kappa shape index (κ1) is 23.6. The van der Waals surface area contributed by atoms with Gasteiger partial charge in [0, 0.05) is 24.7 Å². The molecule has 0 radical (unpaired) electrons. The van der Waals surface area contributed by atoms with Crippen LogP contribution in [0.1, 0.15) is 69.7 Å². The number of carbonyl (C=O) groups excluding carboxylic acids is 2. The SMILES string of the molecule is Cc1nc2cccc(NCCCCNC3C4CC5CC(C4)CC3C5)c2c(=O)n1C1CCC(=O)NC1=O. The van der Waals surface area contributed by atoms with Crippen LogP contribution in [-0.2, 0) is 9.59 Å². The Morgan fingerprint density at radius 1 is 1.00 bits per heavy atom.